The molecule has 2 N–H and O–H groups in total. The highest BCUT2D eigenvalue weighted by atomic mass is 19.4. The summed E-state index contributed by atoms with van der Waals surface area (Å²) in [6.45, 7) is 0. The molecule has 0 spiro atoms. The molecule has 1 aromatic rings. The molecule has 132 valence electrons. The van der Waals surface area contributed by atoms with Crippen LogP contribution in [0.3, 0.4) is 0 Å². The Morgan fingerprint density at radius 3 is 2.33 bits per heavy atom. The fourth-order valence-corrected chi connectivity index (χ4v) is 1.97. The smallest absolute Gasteiger partial charge is 0.472 e. The first-order valence-electron chi connectivity index (χ1n) is 6.14. The number of aliphatic hydroxyl groups is 1. The molecule has 0 aromatic heterocycles. The summed E-state index contributed by atoms with van der Waals surface area (Å²) in [4.78, 5) is 10.5. The Morgan fingerprint density at radius 2 is 1.83 bits per heavy atom. The van der Waals surface area contributed by atoms with Crippen molar-refractivity contribution in [2.24, 2.45) is 0 Å². The van der Waals surface area contributed by atoms with Gasteiger partial charge in [-0.1, -0.05) is 6.07 Å². The second kappa shape index (κ2) is 5.89. The second-order valence-electron chi connectivity index (χ2n) is 4.70. The standard InChI is InChI=1S/C13H8F6O5/c14-12(15,16)9(20)5-1-2-7-6(3-5)4-8(24-11(21)22)10(23-7)13(17,18)19/h1-4,9-10,20H,(H,21,22). The monoisotopic (exact) mass is 358 g/mol. The number of hydrogen-bond acceptors (Lipinski definition) is 4. The van der Waals surface area contributed by atoms with Gasteiger partial charge in [-0.15, -0.1) is 0 Å². The molecule has 0 bridgehead atoms. The SMILES string of the molecule is O=C(O)OC1=Cc2cc(C(O)C(F)(F)F)ccc2OC1C(F)(F)F. The first kappa shape index (κ1) is 17.9. The average molecular weight is 358 g/mol. The van der Waals surface area contributed by atoms with Crippen LogP contribution in [0.25, 0.3) is 6.08 Å². The number of rotatable bonds is 2. The second-order valence-corrected chi connectivity index (χ2v) is 4.70. The Morgan fingerprint density at radius 1 is 1.21 bits per heavy atom. The van der Waals surface area contributed by atoms with Gasteiger partial charge in [0, 0.05) is 5.56 Å². The van der Waals surface area contributed by atoms with Crippen LogP contribution in [0.5, 0.6) is 5.75 Å². The summed E-state index contributed by atoms with van der Waals surface area (Å²) in [5.41, 5.74) is -0.950. The van der Waals surface area contributed by atoms with Gasteiger partial charge in [0.05, 0.1) is 0 Å². The number of carbonyl (C=O) groups is 1. The molecule has 5 nitrogen and oxygen atoms in total. The van der Waals surface area contributed by atoms with E-state index in [1.807, 2.05) is 0 Å². The normalized spacial score (nSPS) is 19.0. The number of carboxylic acid groups (broad SMARTS) is 1. The fourth-order valence-electron chi connectivity index (χ4n) is 1.97. The lowest BCUT2D eigenvalue weighted by Gasteiger charge is -2.28. The lowest BCUT2D eigenvalue weighted by Crippen LogP contribution is -2.39. The average Bonchev–Trinajstić information content (AvgIpc) is 2.42. The minimum atomic E-state index is -5.01. The van der Waals surface area contributed by atoms with Crippen molar-refractivity contribution in [3.8, 4) is 5.75 Å². The highest BCUT2D eigenvalue weighted by Crippen LogP contribution is 2.40. The molecule has 24 heavy (non-hydrogen) atoms. The van der Waals surface area contributed by atoms with Crippen molar-refractivity contribution in [1.29, 1.82) is 0 Å². The summed E-state index contributed by atoms with van der Waals surface area (Å²) < 4.78 is 84.7. The number of benzene rings is 1. The number of halogens is 6. The van der Waals surface area contributed by atoms with Crippen LogP contribution >= 0.6 is 0 Å². The molecule has 2 atom stereocenters. The molecule has 0 saturated carbocycles. The van der Waals surface area contributed by atoms with Crippen LogP contribution in [0.1, 0.15) is 17.2 Å². The predicted molar refractivity (Wildman–Crippen MR) is 65.0 cm³/mol. The van der Waals surface area contributed by atoms with Crippen molar-refractivity contribution < 1.29 is 50.8 Å². The van der Waals surface area contributed by atoms with Crippen molar-refractivity contribution in [2.45, 2.75) is 24.6 Å². The van der Waals surface area contributed by atoms with Gasteiger partial charge < -0.3 is 19.7 Å². The topological polar surface area (TPSA) is 76.0 Å². The lowest BCUT2D eigenvalue weighted by molar-refractivity contribution is -0.206. The van der Waals surface area contributed by atoms with Gasteiger partial charge in [-0.05, 0) is 23.8 Å². The number of ether oxygens (including phenoxy) is 2. The first-order valence-corrected chi connectivity index (χ1v) is 6.14. The molecule has 0 fully saturated rings. The molecule has 11 heteroatoms. The summed E-state index contributed by atoms with van der Waals surface area (Å²) in [5, 5.41) is 17.6. The van der Waals surface area contributed by atoms with E-state index in [-0.39, 0.29) is 5.56 Å². The largest absolute Gasteiger partial charge is 0.511 e. The number of aliphatic hydroxyl groups excluding tert-OH is 1. The zero-order chi connectivity index (χ0) is 18.3. The summed E-state index contributed by atoms with van der Waals surface area (Å²) in [5.74, 6) is -1.59. The molecule has 0 aliphatic carbocycles. The Hall–Kier alpha value is -2.43. The molecule has 2 rings (SSSR count). The number of hydrogen-bond donors (Lipinski definition) is 2. The molecular formula is C13H8F6O5. The van der Waals surface area contributed by atoms with E-state index in [4.69, 9.17) is 10.2 Å². The zero-order valence-corrected chi connectivity index (χ0v) is 11.4. The molecule has 0 saturated heterocycles. The van der Waals surface area contributed by atoms with E-state index in [9.17, 15) is 31.1 Å². The van der Waals surface area contributed by atoms with E-state index in [1.165, 1.54) is 0 Å². The maximum atomic E-state index is 12.9. The summed E-state index contributed by atoms with van der Waals surface area (Å²) >= 11 is 0. The Labute approximate surface area is 129 Å². The van der Waals surface area contributed by atoms with Crippen LogP contribution in [0.15, 0.2) is 24.0 Å². The summed E-state index contributed by atoms with van der Waals surface area (Å²) in [6.07, 6.45) is -17.0. The van der Waals surface area contributed by atoms with Crippen molar-refractivity contribution in [3.05, 3.63) is 35.1 Å². The van der Waals surface area contributed by atoms with Crippen molar-refractivity contribution in [2.75, 3.05) is 0 Å². The van der Waals surface area contributed by atoms with Crippen LogP contribution < -0.4 is 4.74 Å². The van der Waals surface area contributed by atoms with Gasteiger partial charge in [-0.3, -0.25) is 0 Å². The van der Waals surface area contributed by atoms with Crippen molar-refractivity contribution in [1.82, 2.24) is 0 Å². The van der Waals surface area contributed by atoms with Crippen LogP contribution in [0.4, 0.5) is 31.1 Å². The zero-order valence-electron chi connectivity index (χ0n) is 11.4. The van der Waals surface area contributed by atoms with E-state index < -0.39 is 47.8 Å². The molecule has 1 aromatic carbocycles. The van der Waals surface area contributed by atoms with E-state index >= 15 is 0 Å². The molecule has 1 heterocycles. The summed E-state index contributed by atoms with van der Waals surface area (Å²) in [6, 6.07) is 2.29. The van der Waals surface area contributed by atoms with E-state index in [2.05, 4.69) is 9.47 Å². The molecule has 1 aliphatic rings. The van der Waals surface area contributed by atoms with Crippen molar-refractivity contribution >= 4 is 12.2 Å². The van der Waals surface area contributed by atoms with Gasteiger partial charge in [0.2, 0.25) is 0 Å². The highest BCUT2D eigenvalue weighted by molar-refractivity contribution is 5.67. The van der Waals surface area contributed by atoms with Crippen molar-refractivity contribution in [3.63, 3.8) is 0 Å². The predicted octanol–water partition coefficient (Wildman–Crippen LogP) is 3.64. The van der Waals surface area contributed by atoms with Gasteiger partial charge in [-0.25, -0.2) is 4.79 Å². The van der Waals surface area contributed by atoms with Gasteiger partial charge in [0.25, 0.3) is 6.10 Å². The van der Waals surface area contributed by atoms with Crippen LogP contribution in [-0.4, -0.2) is 34.8 Å². The first-order chi connectivity index (χ1) is 10.9. The van der Waals surface area contributed by atoms with E-state index in [0.29, 0.717) is 6.08 Å². The molecule has 1 aliphatic heterocycles. The fraction of sp³-hybridized carbons (Fsp3) is 0.308. The van der Waals surface area contributed by atoms with Gasteiger partial charge in [-0.2, -0.15) is 26.3 Å². The third-order valence-corrected chi connectivity index (χ3v) is 2.96. The third-order valence-electron chi connectivity index (χ3n) is 2.96. The maximum absolute atomic E-state index is 12.9. The van der Waals surface area contributed by atoms with Gasteiger partial charge in [0.1, 0.15) is 5.75 Å². The Kier molecular flexibility index (Phi) is 4.40. The Bertz CT molecular complexity index is 678. The molecular weight excluding hydrogens is 350 g/mol. The third kappa shape index (κ3) is 3.72. The number of alkyl halides is 6. The molecule has 0 amide bonds. The molecule has 2 unspecified atom stereocenters. The lowest BCUT2D eigenvalue weighted by atomic mass is 10.0. The minimum absolute atomic E-state index is 0.299. The highest BCUT2D eigenvalue weighted by Gasteiger charge is 2.48. The quantitative estimate of drug-likeness (QED) is 0.624. The van der Waals surface area contributed by atoms with E-state index in [0.717, 1.165) is 18.2 Å². The minimum Gasteiger partial charge on any atom is -0.472 e. The van der Waals surface area contributed by atoms with Gasteiger partial charge in [0.15, 0.2) is 11.9 Å². The maximum Gasteiger partial charge on any atom is 0.511 e. The summed E-state index contributed by atoms with van der Waals surface area (Å²) in [7, 11) is 0. The van der Waals surface area contributed by atoms with Gasteiger partial charge >= 0.3 is 18.5 Å². The van der Waals surface area contributed by atoms with Crippen LogP contribution in [0, 0.1) is 0 Å². The number of fused-ring (bicyclic) bond motifs is 1. The molecule has 0 radical (unpaired) electrons. The van der Waals surface area contributed by atoms with Crippen LogP contribution in [0.2, 0.25) is 0 Å². The van der Waals surface area contributed by atoms with Crippen LogP contribution in [-0.2, 0) is 4.74 Å². The Balaban J connectivity index is 2.46. The van der Waals surface area contributed by atoms with E-state index in [1.54, 1.807) is 0 Å².